The normalized spacial score (nSPS) is 18.6. The second kappa shape index (κ2) is 6.43. The molecule has 92 valence electrons. The average Bonchev–Trinajstić information content (AvgIpc) is 2.40. The topological polar surface area (TPSA) is 24.9 Å². The Labute approximate surface area is 104 Å². The molecule has 0 aromatic carbocycles. The van der Waals surface area contributed by atoms with Crippen LogP contribution in [0.5, 0.6) is 0 Å². The number of nitrogens with one attached hydrogen (secondary N) is 1. The maximum absolute atomic E-state index is 4.35. The van der Waals surface area contributed by atoms with E-state index in [2.05, 4.69) is 16.9 Å². The van der Waals surface area contributed by atoms with Gasteiger partial charge in [-0.05, 0) is 37.3 Å². The van der Waals surface area contributed by atoms with Gasteiger partial charge in [0.2, 0.25) is 0 Å². The summed E-state index contributed by atoms with van der Waals surface area (Å²) in [6.45, 7) is 3.88. The molecule has 1 aromatic heterocycles. The van der Waals surface area contributed by atoms with Gasteiger partial charge >= 0.3 is 0 Å². The third-order valence-electron chi connectivity index (χ3n) is 3.64. The van der Waals surface area contributed by atoms with Crippen LogP contribution in [0.15, 0.2) is 37.1 Å². The second-order valence-electron chi connectivity index (χ2n) is 4.89. The number of hydrogen-bond donors (Lipinski definition) is 1. The molecule has 0 bridgehead atoms. The highest BCUT2D eigenvalue weighted by atomic mass is 15.0. The van der Waals surface area contributed by atoms with Crippen molar-refractivity contribution >= 4 is 5.82 Å². The molecule has 1 saturated carbocycles. The van der Waals surface area contributed by atoms with Crippen molar-refractivity contribution in [1.82, 2.24) is 4.98 Å². The predicted octanol–water partition coefficient (Wildman–Crippen LogP) is 4.02. The minimum absolute atomic E-state index is 0.503. The van der Waals surface area contributed by atoms with Crippen LogP contribution in [0.25, 0.3) is 0 Å². The Morgan fingerprint density at radius 1 is 1.35 bits per heavy atom. The molecule has 2 rings (SSSR count). The first kappa shape index (κ1) is 12.2. The van der Waals surface area contributed by atoms with Crippen molar-refractivity contribution in [3.05, 3.63) is 37.1 Å². The Hall–Kier alpha value is -1.31. The molecular weight excluding hydrogens is 208 g/mol. The predicted molar refractivity (Wildman–Crippen MR) is 73.0 cm³/mol. The van der Waals surface area contributed by atoms with Gasteiger partial charge in [0.25, 0.3) is 0 Å². The summed E-state index contributed by atoms with van der Waals surface area (Å²) < 4.78 is 0. The Morgan fingerprint density at radius 3 is 2.82 bits per heavy atom. The number of anilines is 1. The third kappa shape index (κ3) is 3.58. The van der Waals surface area contributed by atoms with Gasteiger partial charge < -0.3 is 5.32 Å². The smallest absolute Gasteiger partial charge is 0.126 e. The monoisotopic (exact) mass is 230 g/mol. The van der Waals surface area contributed by atoms with E-state index in [1.807, 2.05) is 30.5 Å². The first-order valence-electron chi connectivity index (χ1n) is 6.68. The van der Waals surface area contributed by atoms with Gasteiger partial charge in [0.15, 0.2) is 0 Å². The molecule has 1 fully saturated rings. The first-order valence-corrected chi connectivity index (χ1v) is 6.68. The molecule has 2 nitrogen and oxygen atoms in total. The van der Waals surface area contributed by atoms with Crippen molar-refractivity contribution in [3.8, 4) is 0 Å². The number of nitrogens with zero attached hydrogens (tertiary/aromatic N) is 1. The lowest BCUT2D eigenvalue weighted by atomic mass is 9.82. The van der Waals surface area contributed by atoms with Gasteiger partial charge in [-0.15, -0.1) is 6.58 Å². The van der Waals surface area contributed by atoms with Gasteiger partial charge in [-0.3, -0.25) is 0 Å². The van der Waals surface area contributed by atoms with Crippen molar-refractivity contribution in [1.29, 1.82) is 0 Å². The molecule has 0 aliphatic heterocycles. The minimum Gasteiger partial charge on any atom is -0.367 e. The molecule has 17 heavy (non-hydrogen) atoms. The molecule has 1 atom stereocenters. The summed E-state index contributed by atoms with van der Waals surface area (Å²) >= 11 is 0. The van der Waals surface area contributed by atoms with Gasteiger partial charge in [0.05, 0.1) is 0 Å². The highest BCUT2D eigenvalue weighted by Gasteiger charge is 2.22. The summed E-state index contributed by atoms with van der Waals surface area (Å²) in [5.74, 6) is 1.77. The third-order valence-corrected chi connectivity index (χ3v) is 3.64. The molecule has 0 unspecified atom stereocenters. The number of pyridine rings is 1. The summed E-state index contributed by atoms with van der Waals surface area (Å²) in [5.41, 5.74) is 0. The Bertz CT molecular complexity index is 328. The first-order chi connectivity index (χ1) is 8.40. The fraction of sp³-hybridized carbons (Fsp3) is 0.533. The van der Waals surface area contributed by atoms with Gasteiger partial charge in [0, 0.05) is 12.2 Å². The maximum Gasteiger partial charge on any atom is 0.126 e. The second-order valence-corrected chi connectivity index (χ2v) is 4.89. The number of rotatable bonds is 5. The van der Waals surface area contributed by atoms with Crippen molar-refractivity contribution < 1.29 is 0 Å². The molecule has 0 amide bonds. The van der Waals surface area contributed by atoms with E-state index in [1.165, 1.54) is 32.1 Å². The van der Waals surface area contributed by atoms with E-state index in [9.17, 15) is 0 Å². The van der Waals surface area contributed by atoms with E-state index in [-0.39, 0.29) is 0 Å². The fourth-order valence-corrected chi connectivity index (χ4v) is 2.72. The zero-order chi connectivity index (χ0) is 11.9. The quantitative estimate of drug-likeness (QED) is 0.773. The molecule has 0 radical (unpaired) electrons. The van der Waals surface area contributed by atoms with Gasteiger partial charge in [-0.2, -0.15) is 0 Å². The average molecular weight is 230 g/mol. The molecule has 0 saturated heterocycles. The van der Waals surface area contributed by atoms with E-state index >= 15 is 0 Å². The standard InChI is InChI=1S/C15H22N2/c1-2-8-14(13-9-4-3-5-10-13)17-15-11-6-7-12-16-15/h2,6-7,11-14H,1,3-5,8-10H2,(H,16,17)/t14-/m0/s1. The Balaban J connectivity index is 1.98. The molecule has 1 heterocycles. The van der Waals surface area contributed by atoms with E-state index < -0.39 is 0 Å². The van der Waals surface area contributed by atoms with Crippen molar-refractivity contribution in [2.24, 2.45) is 5.92 Å². The molecule has 2 heteroatoms. The van der Waals surface area contributed by atoms with Crippen molar-refractivity contribution in [2.45, 2.75) is 44.6 Å². The van der Waals surface area contributed by atoms with Crippen LogP contribution in [0.4, 0.5) is 5.82 Å². The van der Waals surface area contributed by atoms with Crippen molar-refractivity contribution in [3.63, 3.8) is 0 Å². The zero-order valence-electron chi connectivity index (χ0n) is 10.4. The van der Waals surface area contributed by atoms with E-state index in [4.69, 9.17) is 0 Å². The van der Waals surface area contributed by atoms with Crippen LogP contribution in [0.3, 0.4) is 0 Å². The van der Waals surface area contributed by atoms with Crippen LogP contribution >= 0.6 is 0 Å². The molecule has 1 aliphatic rings. The van der Waals surface area contributed by atoms with Crippen LogP contribution in [-0.2, 0) is 0 Å². The molecular formula is C15H22N2. The van der Waals surface area contributed by atoms with E-state index in [0.29, 0.717) is 6.04 Å². The summed E-state index contributed by atoms with van der Waals surface area (Å²) in [6.07, 6.45) is 11.7. The minimum atomic E-state index is 0.503. The molecule has 0 spiro atoms. The summed E-state index contributed by atoms with van der Waals surface area (Å²) in [7, 11) is 0. The van der Waals surface area contributed by atoms with Crippen LogP contribution < -0.4 is 5.32 Å². The van der Waals surface area contributed by atoms with E-state index in [1.54, 1.807) is 0 Å². The molecule has 1 aromatic rings. The lowest BCUT2D eigenvalue weighted by molar-refractivity contribution is 0.318. The summed E-state index contributed by atoms with van der Waals surface area (Å²) in [4.78, 5) is 4.35. The SMILES string of the molecule is C=CC[C@H](Nc1ccccn1)C1CCCCC1. The maximum atomic E-state index is 4.35. The van der Waals surface area contributed by atoms with Crippen LogP contribution in [0.2, 0.25) is 0 Å². The highest BCUT2D eigenvalue weighted by molar-refractivity contribution is 5.35. The van der Waals surface area contributed by atoms with Crippen LogP contribution in [-0.4, -0.2) is 11.0 Å². The van der Waals surface area contributed by atoms with Gasteiger partial charge in [0.1, 0.15) is 5.82 Å². The summed E-state index contributed by atoms with van der Waals surface area (Å²) in [6, 6.07) is 6.52. The van der Waals surface area contributed by atoms with Crippen LogP contribution in [0.1, 0.15) is 38.5 Å². The lowest BCUT2D eigenvalue weighted by Crippen LogP contribution is -2.30. The Morgan fingerprint density at radius 2 is 2.18 bits per heavy atom. The number of hydrogen-bond acceptors (Lipinski definition) is 2. The largest absolute Gasteiger partial charge is 0.367 e. The van der Waals surface area contributed by atoms with Crippen molar-refractivity contribution in [2.75, 3.05) is 5.32 Å². The van der Waals surface area contributed by atoms with E-state index in [0.717, 1.165) is 18.2 Å². The molecule has 1 aliphatic carbocycles. The van der Waals surface area contributed by atoms with Gasteiger partial charge in [-0.25, -0.2) is 4.98 Å². The Kier molecular flexibility index (Phi) is 4.60. The molecule has 1 N–H and O–H groups in total. The fourth-order valence-electron chi connectivity index (χ4n) is 2.72. The number of aromatic nitrogens is 1. The van der Waals surface area contributed by atoms with Crippen LogP contribution in [0, 0.1) is 5.92 Å². The summed E-state index contributed by atoms with van der Waals surface area (Å²) in [5, 5.41) is 3.57. The lowest BCUT2D eigenvalue weighted by Gasteiger charge is -2.30. The van der Waals surface area contributed by atoms with Gasteiger partial charge in [-0.1, -0.05) is 31.4 Å². The zero-order valence-corrected chi connectivity index (χ0v) is 10.4. The highest BCUT2D eigenvalue weighted by Crippen LogP contribution is 2.29.